The summed E-state index contributed by atoms with van der Waals surface area (Å²) < 4.78 is 0. The van der Waals surface area contributed by atoms with Crippen LogP contribution >= 0.6 is 11.8 Å². The molecular weight excluding hydrogens is 168 g/mol. The molecule has 2 fully saturated rings. The zero-order valence-corrected chi connectivity index (χ0v) is 8.99. The monoisotopic (exact) mass is 188 g/mol. The van der Waals surface area contributed by atoms with Gasteiger partial charge in [0.05, 0.1) is 0 Å². The van der Waals surface area contributed by atoms with E-state index in [0.29, 0.717) is 0 Å². The molecule has 2 nitrogen and oxygen atoms in total. The van der Waals surface area contributed by atoms with Crippen molar-refractivity contribution in [2.24, 2.45) is 0 Å². The maximum Gasteiger partial charge on any atom is 0.0312 e. The van der Waals surface area contributed by atoms with Gasteiger partial charge in [0.2, 0.25) is 0 Å². The third kappa shape index (κ3) is 2.64. The van der Waals surface area contributed by atoms with Gasteiger partial charge in [-0.3, -0.25) is 4.90 Å². The number of rotatable bonds is 0. The van der Waals surface area contributed by atoms with Crippen molar-refractivity contribution in [2.45, 2.75) is 19.9 Å². The molecule has 2 rings (SSSR count). The van der Waals surface area contributed by atoms with E-state index in [1.807, 2.05) is 13.8 Å². The maximum atomic E-state index is 3.43. The molecule has 0 aromatic carbocycles. The molecule has 2 heterocycles. The Labute approximate surface area is 80.1 Å². The highest BCUT2D eigenvalue weighted by molar-refractivity contribution is 7.99. The first-order chi connectivity index (χ1) is 5.97. The first-order valence-electron chi connectivity index (χ1n) is 4.99. The highest BCUT2D eigenvalue weighted by Crippen LogP contribution is 2.16. The van der Waals surface area contributed by atoms with Crippen LogP contribution in [0.3, 0.4) is 0 Å². The van der Waals surface area contributed by atoms with Gasteiger partial charge < -0.3 is 5.32 Å². The van der Waals surface area contributed by atoms with Crippen LogP contribution in [-0.2, 0) is 0 Å². The number of nitrogens with one attached hydrogen (secondary N) is 1. The molecule has 2 saturated heterocycles. The zero-order valence-electron chi connectivity index (χ0n) is 8.18. The van der Waals surface area contributed by atoms with Gasteiger partial charge in [0.1, 0.15) is 0 Å². The van der Waals surface area contributed by atoms with E-state index < -0.39 is 0 Å². The van der Waals surface area contributed by atoms with Crippen LogP contribution in [0.5, 0.6) is 0 Å². The SMILES string of the molecule is C1CN2CCSCC2CN1.CC. The summed E-state index contributed by atoms with van der Waals surface area (Å²) in [5.74, 6) is 2.68. The third-order valence-electron chi connectivity index (χ3n) is 2.31. The number of thioether (sulfide) groups is 1. The van der Waals surface area contributed by atoms with Crippen molar-refractivity contribution in [1.82, 2.24) is 10.2 Å². The topological polar surface area (TPSA) is 15.3 Å². The Bertz CT molecular complexity index is 93.1. The average molecular weight is 188 g/mol. The average Bonchev–Trinajstić information content (AvgIpc) is 2.21. The van der Waals surface area contributed by atoms with Crippen molar-refractivity contribution in [2.75, 3.05) is 37.7 Å². The first-order valence-corrected chi connectivity index (χ1v) is 6.15. The second-order valence-electron chi connectivity index (χ2n) is 2.97. The van der Waals surface area contributed by atoms with Crippen LogP contribution in [0.4, 0.5) is 0 Å². The van der Waals surface area contributed by atoms with Crippen LogP contribution in [0.1, 0.15) is 13.8 Å². The van der Waals surface area contributed by atoms with E-state index in [9.17, 15) is 0 Å². The summed E-state index contributed by atoms with van der Waals surface area (Å²) in [5.41, 5.74) is 0. The molecule has 1 atom stereocenters. The molecular formula is C9H20N2S. The number of fused-ring (bicyclic) bond motifs is 1. The van der Waals surface area contributed by atoms with E-state index in [2.05, 4.69) is 22.0 Å². The van der Waals surface area contributed by atoms with Crippen LogP contribution < -0.4 is 5.32 Å². The van der Waals surface area contributed by atoms with Gasteiger partial charge in [-0.25, -0.2) is 0 Å². The molecule has 3 heteroatoms. The second kappa shape index (κ2) is 5.84. The van der Waals surface area contributed by atoms with Crippen molar-refractivity contribution >= 4 is 11.8 Å². The molecule has 0 aromatic heterocycles. The molecule has 2 aliphatic rings. The molecule has 0 radical (unpaired) electrons. The third-order valence-corrected chi connectivity index (χ3v) is 3.40. The van der Waals surface area contributed by atoms with Gasteiger partial charge in [-0.1, -0.05) is 13.8 Å². The van der Waals surface area contributed by atoms with E-state index in [1.54, 1.807) is 0 Å². The standard InChI is InChI=1S/C7H14N2S.C2H6/c1-2-9-3-4-10-6-7(9)5-8-1;1-2/h7-8H,1-6H2;1-2H3. The largest absolute Gasteiger partial charge is 0.314 e. The van der Waals surface area contributed by atoms with Crippen molar-refractivity contribution < 1.29 is 0 Å². The fraction of sp³-hybridized carbons (Fsp3) is 1.00. The lowest BCUT2D eigenvalue weighted by atomic mass is 10.2. The van der Waals surface area contributed by atoms with E-state index in [4.69, 9.17) is 0 Å². The van der Waals surface area contributed by atoms with Crippen LogP contribution in [-0.4, -0.2) is 48.6 Å². The number of hydrogen-bond donors (Lipinski definition) is 1. The number of piperazine rings is 1. The quantitative estimate of drug-likeness (QED) is 0.611. The van der Waals surface area contributed by atoms with Crippen molar-refractivity contribution in [3.05, 3.63) is 0 Å². The molecule has 1 N–H and O–H groups in total. The predicted octanol–water partition coefficient (Wildman–Crippen LogP) is 1.03. The minimum Gasteiger partial charge on any atom is -0.314 e. The van der Waals surface area contributed by atoms with Crippen molar-refractivity contribution in [1.29, 1.82) is 0 Å². The zero-order chi connectivity index (χ0) is 8.81. The Kier molecular flexibility index (Phi) is 5.04. The fourth-order valence-corrected chi connectivity index (χ4v) is 2.79. The Morgan fingerprint density at radius 2 is 2.17 bits per heavy atom. The summed E-state index contributed by atoms with van der Waals surface area (Å²) in [4.78, 5) is 2.62. The highest BCUT2D eigenvalue weighted by Gasteiger charge is 2.24. The van der Waals surface area contributed by atoms with Crippen molar-refractivity contribution in [3.63, 3.8) is 0 Å². The molecule has 0 saturated carbocycles. The van der Waals surface area contributed by atoms with E-state index >= 15 is 0 Å². The van der Waals surface area contributed by atoms with Gasteiger partial charge in [-0.2, -0.15) is 11.8 Å². The van der Waals surface area contributed by atoms with Crippen LogP contribution in [0.25, 0.3) is 0 Å². The van der Waals surface area contributed by atoms with Gasteiger partial charge >= 0.3 is 0 Å². The lowest BCUT2D eigenvalue weighted by Crippen LogP contribution is -2.54. The van der Waals surface area contributed by atoms with Crippen LogP contribution in [0, 0.1) is 0 Å². The fourth-order valence-electron chi connectivity index (χ4n) is 1.66. The van der Waals surface area contributed by atoms with Crippen molar-refractivity contribution in [3.8, 4) is 0 Å². The van der Waals surface area contributed by atoms with Gasteiger partial charge in [0, 0.05) is 43.7 Å². The summed E-state index contributed by atoms with van der Waals surface area (Å²) in [7, 11) is 0. The van der Waals surface area contributed by atoms with Gasteiger partial charge in [0.15, 0.2) is 0 Å². The smallest absolute Gasteiger partial charge is 0.0312 e. The highest BCUT2D eigenvalue weighted by atomic mass is 32.2. The summed E-state index contributed by atoms with van der Waals surface area (Å²) in [6.07, 6.45) is 0. The molecule has 0 aliphatic carbocycles. The van der Waals surface area contributed by atoms with Gasteiger partial charge in [0.25, 0.3) is 0 Å². The molecule has 1 unspecified atom stereocenters. The minimum atomic E-state index is 0.840. The Balaban J connectivity index is 0.000000336. The Morgan fingerprint density at radius 1 is 1.33 bits per heavy atom. The van der Waals surface area contributed by atoms with Gasteiger partial charge in [-0.15, -0.1) is 0 Å². The normalized spacial score (nSPS) is 30.0. The molecule has 72 valence electrons. The van der Waals surface area contributed by atoms with E-state index in [0.717, 1.165) is 6.04 Å². The summed E-state index contributed by atoms with van der Waals surface area (Å²) in [5, 5.41) is 3.43. The van der Waals surface area contributed by atoms with Crippen LogP contribution in [0.2, 0.25) is 0 Å². The maximum absolute atomic E-state index is 3.43. The molecule has 0 spiro atoms. The first kappa shape index (κ1) is 10.4. The summed E-state index contributed by atoms with van der Waals surface area (Å²) in [6, 6.07) is 0.840. The summed E-state index contributed by atoms with van der Waals surface area (Å²) in [6.45, 7) is 9.00. The molecule has 0 amide bonds. The Hall–Kier alpha value is 0.270. The molecule has 0 bridgehead atoms. The van der Waals surface area contributed by atoms with Gasteiger partial charge in [-0.05, 0) is 0 Å². The number of hydrogen-bond acceptors (Lipinski definition) is 3. The van der Waals surface area contributed by atoms with Crippen LogP contribution in [0.15, 0.2) is 0 Å². The Morgan fingerprint density at radius 3 is 2.92 bits per heavy atom. The van der Waals surface area contributed by atoms with E-state index in [-0.39, 0.29) is 0 Å². The minimum absolute atomic E-state index is 0.840. The number of nitrogens with zero attached hydrogens (tertiary/aromatic N) is 1. The predicted molar refractivity (Wildman–Crippen MR) is 56.9 cm³/mol. The molecule has 0 aromatic rings. The lowest BCUT2D eigenvalue weighted by molar-refractivity contribution is 0.182. The molecule has 2 aliphatic heterocycles. The lowest BCUT2D eigenvalue weighted by Gasteiger charge is -2.39. The van der Waals surface area contributed by atoms with E-state index in [1.165, 1.54) is 37.7 Å². The molecule has 12 heavy (non-hydrogen) atoms. The second-order valence-corrected chi connectivity index (χ2v) is 4.12. The summed E-state index contributed by atoms with van der Waals surface area (Å²) >= 11 is 2.10.